The molecule has 3 heterocycles. The number of nitriles is 1. The predicted molar refractivity (Wildman–Crippen MR) is 107 cm³/mol. The molecule has 1 atom stereocenters. The topological polar surface area (TPSA) is 101 Å². The molecule has 1 spiro atoms. The van der Waals surface area contributed by atoms with Crippen molar-refractivity contribution in [2.24, 2.45) is 0 Å². The normalized spacial score (nSPS) is 20.2. The van der Waals surface area contributed by atoms with Crippen LogP contribution in [0.1, 0.15) is 17.5 Å². The highest BCUT2D eigenvalue weighted by molar-refractivity contribution is 7.19. The Balaban J connectivity index is 1.67. The Hall–Kier alpha value is -2.83. The minimum Gasteiger partial charge on any atom is -0.341 e. The van der Waals surface area contributed by atoms with E-state index in [4.69, 9.17) is 11.6 Å². The zero-order valence-electron chi connectivity index (χ0n) is 15.0. The van der Waals surface area contributed by atoms with E-state index in [1.54, 1.807) is 29.0 Å². The fourth-order valence-corrected chi connectivity index (χ4v) is 4.75. The van der Waals surface area contributed by atoms with E-state index in [1.807, 2.05) is 6.07 Å². The van der Waals surface area contributed by atoms with Gasteiger partial charge < -0.3 is 10.2 Å². The number of aromatic nitrogens is 1. The van der Waals surface area contributed by atoms with Crippen molar-refractivity contribution in [3.8, 4) is 6.07 Å². The molecule has 1 aromatic heterocycles. The largest absolute Gasteiger partial charge is 0.341 e. The summed E-state index contributed by atoms with van der Waals surface area (Å²) < 4.78 is 0.490. The molecule has 1 fully saturated rings. The molecule has 2 aliphatic heterocycles. The third kappa shape index (κ3) is 3.04. The number of nitrogens with one attached hydrogen (secondary N) is 2. The second-order valence-electron chi connectivity index (χ2n) is 6.84. The van der Waals surface area contributed by atoms with Gasteiger partial charge in [0.25, 0.3) is 0 Å². The van der Waals surface area contributed by atoms with Gasteiger partial charge in [0, 0.05) is 37.8 Å². The molecule has 2 aromatic rings. The van der Waals surface area contributed by atoms with Gasteiger partial charge in [-0.1, -0.05) is 22.9 Å². The van der Waals surface area contributed by atoms with E-state index in [-0.39, 0.29) is 12.1 Å². The number of anilines is 2. The lowest BCUT2D eigenvalue weighted by Gasteiger charge is -2.25. The molecule has 2 N–H and O–H groups in total. The van der Waals surface area contributed by atoms with Crippen molar-refractivity contribution in [2.45, 2.75) is 11.8 Å². The molecular formula is C18H17ClN6O2S. The average molecular weight is 417 g/mol. The van der Waals surface area contributed by atoms with Gasteiger partial charge in [-0.25, -0.2) is 14.6 Å². The summed E-state index contributed by atoms with van der Waals surface area (Å²) in [4.78, 5) is 32.5. The van der Waals surface area contributed by atoms with E-state index in [1.165, 1.54) is 17.5 Å². The number of hydrogen-bond acceptors (Lipinski definition) is 5. The van der Waals surface area contributed by atoms with Crippen LogP contribution in [0.3, 0.4) is 0 Å². The first-order valence-electron chi connectivity index (χ1n) is 8.67. The van der Waals surface area contributed by atoms with Crippen LogP contribution in [-0.2, 0) is 5.41 Å². The van der Waals surface area contributed by atoms with Crippen molar-refractivity contribution in [1.82, 2.24) is 15.2 Å². The lowest BCUT2D eigenvalue weighted by atomic mass is 9.81. The second-order valence-corrected chi connectivity index (χ2v) is 8.50. The number of amides is 4. The van der Waals surface area contributed by atoms with Crippen LogP contribution >= 0.6 is 22.9 Å². The number of hydrogen-bond donors (Lipinski definition) is 2. The molecule has 0 radical (unpaired) electrons. The highest BCUT2D eigenvalue weighted by atomic mass is 35.5. The molecule has 0 bridgehead atoms. The first kappa shape index (κ1) is 18.5. The van der Waals surface area contributed by atoms with Gasteiger partial charge in [0.15, 0.2) is 5.13 Å². The van der Waals surface area contributed by atoms with E-state index < -0.39 is 5.41 Å². The fourth-order valence-electron chi connectivity index (χ4n) is 3.94. The molecule has 0 saturated carbocycles. The molecular weight excluding hydrogens is 400 g/mol. The maximum absolute atomic E-state index is 12.9. The van der Waals surface area contributed by atoms with Gasteiger partial charge in [-0.3, -0.25) is 10.2 Å². The molecule has 8 nitrogen and oxygen atoms in total. The third-order valence-electron chi connectivity index (χ3n) is 5.24. The number of nitrogens with zero attached hydrogens (tertiary/aromatic N) is 4. The summed E-state index contributed by atoms with van der Waals surface area (Å²) in [6.07, 6.45) is 2.20. The quantitative estimate of drug-likeness (QED) is 0.746. The monoisotopic (exact) mass is 416 g/mol. The Morgan fingerprint density at radius 2 is 2.18 bits per heavy atom. The van der Waals surface area contributed by atoms with Gasteiger partial charge in [0.05, 0.1) is 17.8 Å². The minimum atomic E-state index is -0.396. The third-order valence-corrected chi connectivity index (χ3v) is 6.27. The summed E-state index contributed by atoms with van der Waals surface area (Å²) in [7, 11) is 1.60. The molecule has 10 heteroatoms. The van der Waals surface area contributed by atoms with Crippen molar-refractivity contribution in [1.29, 1.82) is 5.26 Å². The van der Waals surface area contributed by atoms with E-state index >= 15 is 0 Å². The van der Waals surface area contributed by atoms with Crippen LogP contribution in [0.25, 0.3) is 0 Å². The number of likely N-dealkylation sites (tertiary alicyclic amines) is 1. The van der Waals surface area contributed by atoms with E-state index in [0.717, 1.165) is 17.7 Å². The van der Waals surface area contributed by atoms with Crippen LogP contribution in [0.5, 0.6) is 0 Å². The highest BCUT2D eigenvalue weighted by Crippen LogP contribution is 2.47. The molecule has 4 rings (SSSR count). The van der Waals surface area contributed by atoms with E-state index in [0.29, 0.717) is 34.7 Å². The Morgan fingerprint density at radius 1 is 1.36 bits per heavy atom. The number of thiazole rings is 1. The zero-order valence-corrected chi connectivity index (χ0v) is 16.6. The number of carbonyl (C=O) groups is 2. The van der Waals surface area contributed by atoms with Crippen molar-refractivity contribution in [2.75, 3.05) is 36.9 Å². The van der Waals surface area contributed by atoms with Gasteiger partial charge >= 0.3 is 12.1 Å². The Labute approximate surface area is 170 Å². The number of benzene rings is 1. The van der Waals surface area contributed by atoms with Gasteiger partial charge in [0.2, 0.25) is 0 Å². The molecule has 1 saturated heterocycles. The number of fused-ring (bicyclic) bond motifs is 2. The summed E-state index contributed by atoms with van der Waals surface area (Å²) in [6, 6.07) is 7.02. The lowest BCUT2D eigenvalue weighted by Crippen LogP contribution is -2.43. The first-order valence-corrected chi connectivity index (χ1v) is 9.86. The summed E-state index contributed by atoms with van der Waals surface area (Å²) in [6.45, 7) is 1.50. The van der Waals surface area contributed by atoms with Crippen molar-refractivity contribution in [3.63, 3.8) is 0 Å². The Kier molecular flexibility index (Phi) is 4.61. The summed E-state index contributed by atoms with van der Waals surface area (Å²) in [5.41, 5.74) is 1.81. The van der Waals surface area contributed by atoms with Gasteiger partial charge in [-0.15, -0.1) is 0 Å². The molecule has 4 amide bonds. The number of halogens is 1. The fraction of sp³-hybridized carbons (Fsp3) is 0.333. The van der Waals surface area contributed by atoms with Crippen LogP contribution in [0.4, 0.5) is 20.4 Å². The SMILES string of the molecule is CNC(=O)N1CC[C@@]2(C1)CN(C(=O)Nc1ncc(Cl)s1)c1ccc(C#N)cc12. The zero-order chi connectivity index (χ0) is 19.9. The van der Waals surface area contributed by atoms with Crippen LogP contribution in [0, 0.1) is 11.3 Å². The number of carbonyl (C=O) groups excluding carboxylic acids is 2. The molecule has 28 heavy (non-hydrogen) atoms. The van der Waals surface area contributed by atoms with Gasteiger partial charge in [-0.05, 0) is 30.2 Å². The summed E-state index contributed by atoms with van der Waals surface area (Å²) >= 11 is 7.08. The van der Waals surface area contributed by atoms with Crippen molar-refractivity contribution in [3.05, 3.63) is 39.9 Å². The molecule has 0 unspecified atom stereocenters. The Morgan fingerprint density at radius 3 is 2.86 bits per heavy atom. The minimum absolute atomic E-state index is 0.143. The first-order chi connectivity index (χ1) is 13.5. The maximum atomic E-state index is 12.9. The van der Waals surface area contributed by atoms with Gasteiger partial charge in [0.1, 0.15) is 4.34 Å². The molecule has 144 valence electrons. The van der Waals surface area contributed by atoms with E-state index in [9.17, 15) is 14.9 Å². The van der Waals surface area contributed by atoms with Crippen LogP contribution in [0.15, 0.2) is 24.4 Å². The van der Waals surface area contributed by atoms with Crippen LogP contribution in [-0.4, -0.2) is 48.6 Å². The summed E-state index contributed by atoms with van der Waals surface area (Å²) in [5, 5.41) is 15.2. The molecule has 2 aliphatic rings. The Bertz CT molecular complexity index is 1000. The maximum Gasteiger partial charge on any atom is 0.328 e. The molecule has 1 aromatic carbocycles. The van der Waals surface area contributed by atoms with Crippen LogP contribution < -0.4 is 15.5 Å². The van der Waals surface area contributed by atoms with Crippen molar-refractivity contribution < 1.29 is 9.59 Å². The standard InChI is InChI=1S/C18H17ClN6O2S/c1-21-16(26)24-5-4-18(9-24)10-25(13-3-2-11(7-20)6-12(13)18)17(27)23-15-22-8-14(19)28-15/h2-3,6,8H,4-5,9-10H2,1H3,(H,21,26)(H,22,23,27)/t18-/m1/s1. The van der Waals surface area contributed by atoms with Gasteiger partial charge in [-0.2, -0.15) is 5.26 Å². The number of urea groups is 2. The van der Waals surface area contributed by atoms with E-state index in [2.05, 4.69) is 21.7 Å². The van der Waals surface area contributed by atoms with Crippen LogP contribution in [0.2, 0.25) is 4.34 Å². The smallest absolute Gasteiger partial charge is 0.328 e. The average Bonchev–Trinajstić information content (AvgIpc) is 3.40. The second kappa shape index (κ2) is 6.96. The predicted octanol–water partition coefficient (Wildman–Crippen LogP) is 3.00. The molecule has 0 aliphatic carbocycles. The summed E-state index contributed by atoms with van der Waals surface area (Å²) in [5.74, 6) is 0. The van der Waals surface area contributed by atoms with Crippen molar-refractivity contribution >= 4 is 45.8 Å². The highest BCUT2D eigenvalue weighted by Gasteiger charge is 2.50. The lowest BCUT2D eigenvalue weighted by molar-refractivity contribution is 0.208. The number of rotatable bonds is 1.